The zero-order valence-corrected chi connectivity index (χ0v) is 19.4. The lowest BCUT2D eigenvalue weighted by atomic mass is 9.99. The maximum atomic E-state index is 13.2. The molecule has 2 atom stereocenters. The van der Waals surface area contributed by atoms with Gasteiger partial charge in [-0.1, -0.05) is 23.5 Å². The number of benzene rings is 2. The van der Waals surface area contributed by atoms with Crippen LogP contribution in [0, 0.1) is 22.7 Å². The molecule has 5 rings (SSSR count). The van der Waals surface area contributed by atoms with Crippen LogP contribution >= 0.6 is 11.3 Å². The van der Waals surface area contributed by atoms with Crippen LogP contribution in [0.5, 0.6) is 5.75 Å². The summed E-state index contributed by atoms with van der Waals surface area (Å²) in [6.45, 7) is 0. The number of hydrogen-bond donors (Lipinski definition) is 1. The van der Waals surface area contributed by atoms with Crippen LogP contribution < -0.4 is 10.1 Å². The summed E-state index contributed by atoms with van der Waals surface area (Å²) in [7, 11) is 1.53. The van der Waals surface area contributed by atoms with Gasteiger partial charge in [0.1, 0.15) is 10.8 Å². The Morgan fingerprint density at radius 2 is 1.80 bits per heavy atom. The smallest absolute Gasteiger partial charge is 0.258 e. The number of rotatable bonds is 6. The number of carbonyl (C=O) groups is 1. The number of ether oxygens (including phenoxy) is 1. The zero-order valence-electron chi connectivity index (χ0n) is 18.6. The first-order valence-corrected chi connectivity index (χ1v) is 11.6. The minimum Gasteiger partial charge on any atom is -0.496 e. The first kappa shape index (κ1) is 22.2. The lowest BCUT2D eigenvalue weighted by Gasteiger charge is -2.12. The van der Waals surface area contributed by atoms with Crippen LogP contribution in [-0.4, -0.2) is 28.2 Å². The molecule has 2 heterocycles. The molecule has 1 aliphatic rings. The predicted octanol–water partition coefficient (Wildman–Crippen LogP) is 4.88. The van der Waals surface area contributed by atoms with Crippen LogP contribution in [-0.2, 0) is 0 Å². The molecule has 2 aromatic heterocycles. The second kappa shape index (κ2) is 9.34. The summed E-state index contributed by atoms with van der Waals surface area (Å²) in [5.41, 5.74) is 3.79. The Morgan fingerprint density at radius 1 is 1.03 bits per heavy atom. The normalized spacial score (nSPS) is 16.1. The average molecular weight is 479 g/mol. The van der Waals surface area contributed by atoms with Gasteiger partial charge in [-0.3, -0.25) is 15.1 Å². The Kier molecular flexibility index (Phi) is 5.92. The standard InChI is InChI=1S/C26H18N6O2S/c1-34-23-7-4-16(13-28)10-20(23)22-14-29-9-8-18(22)24(33)30-26-32-31-25(35-26)21-11-19(21)17-5-2-15(12-27)3-6-17/h2-10,14,19,21H,11H2,1H3,(H,30,32,33)/t19-,21+/m0/s1. The van der Waals surface area contributed by atoms with E-state index in [9.17, 15) is 10.1 Å². The Bertz CT molecular complexity index is 1500. The van der Waals surface area contributed by atoms with E-state index in [1.165, 1.54) is 30.2 Å². The van der Waals surface area contributed by atoms with E-state index < -0.39 is 0 Å². The molecular weight excluding hydrogens is 460 g/mol. The highest BCUT2D eigenvalue weighted by Gasteiger charge is 2.42. The largest absolute Gasteiger partial charge is 0.496 e. The van der Waals surface area contributed by atoms with Crippen molar-refractivity contribution in [3.05, 3.63) is 88.2 Å². The van der Waals surface area contributed by atoms with Gasteiger partial charge < -0.3 is 4.74 Å². The summed E-state index contributed by atoms with van der Waals surface area (Å²) in [4.78, 5) is 17.3. The van der Waals surface area contributed by atoms with E-state index in [4.69, 9.17) is 10.00 Å². The fourth-order valence-electron chi connectivity index (χ4n) is 4.04. The maximum absolute atomic E-state index is 13.2. The molecular formula is C26H18N6O2S. The molecule has 1 saturated carbocycles. The van der Waals surface area contributed by atoms with Gasteiger partial charge in [-0.15, -0.1) is 10.2 Å². The van der Waals surface area contributed by atoms with Crippen molar-refractivity contribution in [1.82, 2.24) is 15.2 Å². The highest BCUT2D eigenvalue weighted by molar-refractivity contribution is 7.15. The van der Waals surface area contributed by atoms with Gasteiger partial charge in [0.2, 0.25) is 5.13 Å². The van der Waals surface area contributed by atoms with Crippen molar-refractivity contribution in [1.29, 1.82) is 10.5 Å². The van der Waals surface area contributed by atoms with E-state index in [-0.39, 0.29) is 11.8 Å². The van der Waals surface area contributed by atoms with E-state index in [1.54, 1.807) is 30.5 Å². The van der Waals surface area contributed by atoms with Crippen LogP contribution in [0.2, 0.25) is 0 Å². The molecule has 1 N–H and O–H groups in total. The molecule has 9 heteroatoms. The fourth-order valence-corrected chi connectivity index (χ4v) is 4.95. The molecule has 1 fully saturated rings. The van der Waals surface area contributed by atoms with Crippen LogP contribution in [0.3, 0.4) is 0 Å². The molecule has 170 valence electrons. The quantitative estimate of drug-likeness (QED) is 0.419. The molecule has 1 aliphatic carbocycles. The van der Waals surface area contributed by atoms with Crippen molar-refractivity contribution in [3.8, 4) is 29.0 Å². The Morgan fingerprint density at radius 3 is 2.54 bits per heavy atom. The van der Waals surface area contributed by atoms with Crippen LogP contribution in [0.25, 0.3) is 11.1 Å². The number of anilines is 1. The number of methoxy groups -OCH3 is 1. The molecule has 4 aromatic rings. The first-order chi connectivity index (χ1) is 17.1. The Labute approximate surface area is 205 Å². The van der Waals surface area contributed by atoms with Crippen LogP contribution in [0.15, 0.2) is 60.9 Å². The summed E-state index contributed by atoms with van der Waals surface area (Å²) in [5, 5.41) is 30.9. The minimum atomic E-state index is -0.353. The zero-order chi connectivity index (χ0) is 24.4. The van der Waals surface area contributed by atoms with E-state index in [0.717, 1.165) is 11.4 Å². The summed E-state index contributed by atoms with van der Waals surface area (Å²) in [6, 6.07) is 18.5. The van der Waals surface area contributed by atoms with E-state index >= 15 is 0 Å². The third kappa shape index (κ3) is 4.45. The molecule has 0 saturated heterocycles. The Balaban J connectivity index is 1.34. The van der Waals surface area contributed by atoms with Gasteiger partial charge in [0.15, 0.2) is 0 Å². The van der Waals surface area contributed by atoms with Gasteiger partial charge in [-0.25, -0.2) is 0 Å². The molecule has 0 spiro atoms. The maximum Gasteiger partial charge on any atom is 0.258 e. The van der Waals surface area contributed by atoms with Crippen molar-refractivity contribution in [2.45, 2.75) is 18.3 Å². The molecule has 8 nitrogen and oxygen atoms in total. The number of nitrogens with one attached hydrogen (secondary N) is 1. The number of amides is 1. The predicted molar refractivity (Wildman–Crippen MR) is 130 cm³/mol. The molecule has 1 amide bonds. The van der Waals surface area contributed by atoms with E-state index in [0.29, 0.717) is 44.6 Å². The van der Waals surface area contributed by atoms with Gasteiger partial charge in [0, 0.05) is 29.4 Å². The van der Waals surface area contributed by atoms with Gasteiger partial charge in [0.25, 0.3) is 5.91 Å². The fraction of sp³-hybridized carbons (Fsp3) is 0.154. The molecule has 2 aromatic carbocycles. The molecule has 0 unspecified atom stereocenters. The van der Waals surface area contributed by atoms with Crippen molar-refractivity contribution < 1.29 is 9.53 Å². The first-order valence-electron chi connectivity index (χ1n) is 10.8. The van der Waals surface area contributed by atoms with Crippen LogP contribution in [0.1, 0.15) is 50.3 Å². The van der Waals surface area contributed by atoms with Crippen molar-refractivity contribution in [3.63, 3.8) is 0 Å². The molecule has 0 bridgehead atoms. The van der Waals surface area contributed by atoms with Crippen molar-refractivity contribution in [2.75, 3.05) is 12.4 Å². The van der Waals surface area contributed by atoms with E-state index in [2.05, 4.69) is 32.6 Å². The molecule has 0 aliphatic heterocycles. The summed E-state index contributed by atoms with van der Waals surface area (Å²) >= 11 is 1.36. The third-order valence-electron chi connectivity index (χ3n) is 5.92. The van der Waals surface area contributed by atoms with Gasteiger partial charge >= 0.3 is 0 Å². The number of aromatic nitrogens is 3. The number of nitrogens with zero attached hydrogens (tertiary/aromatic N) is 5. The minimum absolute atomic E-state index is 0.251. The highest BCUT2D eigenvalue weighted by Crippen LogP contribution is 2.55. The van der Waals surface area contributed by atoms with Crippen molar-refractivity contribution >= 4 is 22.4 Å². The number of nitriles is 2. The molecule has 0 radical (unpaired) electrons. The Hall–Kier alpha value is -4.60. The lowest BCUT2D eigenvalue weighted by Crippen LogP contribution is -2.13. The summed E-state index contributed by atoms with van der Waals surface area (Å²) < 4.78 is 5.44. The summed E-state index contributed by atoms with van der Waals surface area (Å²) in [6.07, 6.45) is 4.07. The molecule has 35 heavy (non-hydrogen) atoms. The summed E-state index contributed by atoms with van der Waals surface area (Å²) in [5.74, 6) is 0.771. The number of carbonyl (C=O) groups excluding carboxylic acids is 1. The van der Waals surface area contributed by atoms with Gasteiger partial charge in [0.05, 0.1) is 35.9 Å². The number of pyridine rings is 1. The van der Waals surface area contributed by atoms with Crippen molar-refractivity contribution in [2.24, 2.45) is 0 Å². The second-order valence-electron chi connectivity index (χ2n) is 8.03. The average Bonchev–Trinajstić information content (AvgIpc) is 3.58. The van der Waals surface area contributed by atoms with E-state index in [1.807, 2.05) is 24.3 Å². The number of hydrogen-bond acceptors (Lipinski definition) is 8. The lowest BCUT2D eigenvalue weighted by molar-refractivity contribution is 0.102. The SMILES string of the molecule is COc1ccc(C#N)cc1-c1cnccc1C(=O)Nc1nnc([C@@H]2C[C@H]2c2ccc(C#N)cc2)s1. The second-order valence-corrected chi connectivity index (χ2v) is 9.04. The van der Waals surface area contributed by atoms with Gasteiger partial charge in [-0.2, -0.15) is 10.5 Å². The highest BCUT2D eigenvalue weighted by atomic mass is 32.1. The monoisotopic (exact) mass is 478 g/mol. The van der Waals surface area contributed by atoms with Gasteiger partial charge in [-0.05, 0) is 54.3 Å². The van der Waals surface area contributed by atoms with Crippen LogP contribution in [0.4, 0.5) is 5.13 Å². The third-order valence-corrected chi connectivity index (χ3v) is 6.89. The topological polar surface area (TPSA) is 125 Å².